The van der Waals surface area contributed by atoms with E-state index in [1.165, 1.54) is 0 Å². The highest BCUT2D eigenvalue weighted by Gasteiger charge is 2.11. The number of carbonyl (C=O) groups excluding carboxylic acids is 1. The van der Waals surface area contributed by atoms with E-state index in [1.807, 2.05) is 6.07 Å². The molecular formula is C13H14N6O2. The molecule has 0 aliphatic carbocycles. The zero-order valence-corrected chi connectivity index (χ0v) is 11.2. The first kappa shape index (κ1) is 14.3. The van der Waals surface area contributed by atoms with Crippen LogP contribution in [0.1, 0.15) is 23.5 Å². The van der Waals surface area contributed by atoms with Crippen molar-refractivity contribution in [1.29, 1.82) is 5.26 Å². The van der Waals surface area contributed by atoms with E-state index in [9.17, 15) is 4.79 Å². The molecule has 1 amide bonds. The Kier molecular flexibility index (Phi) is 4.71. The Labute approximate surface area is 120 Å². The maximum absolute atomic E-state index is 11.9. The predicted molar refractivity (Wildman–Crippen MR) is 75.5 cm³/mol. The normalized spacial score (nSPS) is 9.86. The molecule has 0 fully saturated rings. The number of aromatic nitrogens is 3. The molecule has 0 aliphatic rings. The van der Waals surface area contributed by atoms with E-state index in [0.717, 1.165) is 0 Å². The Hall–Kier alpha value is -3.08. The van der Waals surface area contributed by atoms with Gasteiger partial charge in [-0.2, -0.15) is 10.2 Å². The molecule has 0 unspecified atom stereocenters. The number of nitriles is 1. The molecule has 1 aromatic carbocycles. The first-order chi connectivity index (χ1) is 10.2. The second-order valence-corrected chi connectivity index (χ2v) is 4.13. The van der Waals surface area contributed by atoms with Gasteiger partial charge in [0, 0.05) is 18.2 Å². The molecule has 21 heavy (non-hydrogen) atoms. The standard InChI is InChI=1S/C13H14N6O2/c14-6-1-2-7-21-10-5-3-4-9(8-10)16-12(20)11-17-13(15)19-18-11/h3-5,8H,1-2,7H2,(H,16,20)(H3,15,17,18,19). The van der Waals surface area contributed by atoms with Crippen molar-refractivity contribution in [3.05, 3.63) is 30.1 Å². The molecule has 0 bridgehead atoms. The lowest BCUT2D eigenvalue weighted by atomic mass is 10.3. The van der Waals surface area contributed by atoms with E-state index < -0.39 is 5.91 Å². The van der Waals surface area contributed by atoms with Crippen molar-refractivity contribution in [3.63, 3.8) is 0 Å². The van der Waals surface area contributed by atoms with Crippen LogP contribution in [-0.4, -0.2) is 27.7 Å². The molecule has 8 nitrogen and oxygen atoms in total. The maximum Gasteiger partial charge on any atom is 0.293 e. The largest absolute Gasteiger partial charge is 0.493 e. The summed E-state index contributed by atoms with van der Waals surface area (Å²) in [6.45, 7) is 0.448. The van der Waals surface area contributed by atoms with E-state index in [0.29, 0.717) is 30.9 Å². The summed E-state index contributed by atoms with van der Waals surface area (Å²) in [5, 5.41) is 17.1. The van der Waals surface area contributed by atoms with E-state index in [4.69, 9.17) is 15.7 Å². The topological polar surface area (TPSA) is 130 Å². The summed E-state index contributed by atoms with van der Waals surface area (Å²) < 4.78 is 5.48. The van der Waals surface area contributed by atoms with Crippen molar-refractivity contribution in [2.75, 3.05) is 17.7 Å². The molecule has 0 saturated heterocycles. The number of nitrogens with two attached hydrogens (primary N) is 1. The lowest BCUT2D eigenvalue weighted by molar-refractivity contribution is 0.101. The summed E-state index contributed by atoms with van der Waals surface area (Å²) in [6.07, 6.45) is 1.10. The molecule has 4 N–H and O–H groups in total. The molecular weight excluding hydrogens is 272 g/mol. The third kappa shape index (κ3) is 4.21. The summed E-state index contributed by atoms with van der Waals surface area (Å²) >= 11 is 0. The molecule has 0 spiro atoms. The molecule has 1 aromatic heterocycles. The molecule has 0 atom stereocenters. The minimum absolute atomic E-state index is 0.00901. The summed E-state index contributed by atoms with van der Waals surface area (Å²) in [5.74, 6) is 0.214. The van der Waals surface area contributed by atoms with Crippen LogP contribution in [0.25, 0.3) is 0 Å². The third-order valence-electron chi connectivity index (χ3n) is 2.51. The van der Waals surface area contributed by atoms with Gasteiger partial charge in [0.15, 0.2) is 0 Å². The average Bonchev–Trinajstić information content (AvgIpc) is 2.91. The van der Waals surface area contributed by atoms with Crippen molar-refractivity contribution in [2.45, 2.75) is 12.8 Å². The average molecular weight is 286 g/mol. The lowest BCUT2D eigenvalue weighted by Crippen LogP contribution is -2.13. The first-order valence-electron chi connectivity index (χ1n) is 6.28. The number of unbranched alkanes of at least 4 members (excludes halogenated alkanes) is 1. The minimum Gasteiger partial charge on any atom is -0.493 e. The predicted octanol–water partition coefficient (Wildman–Crippen LogP) is 1.32. The van der Waals surface area contributed by atoms with Crippen molar-refractivity contribution in [3.8, 4) is 11.8 Å². The van der Waals surface area contributed by atoms with E-state index in [1.54, 1.807) is 24.3 Å². The van der Waals surface area contributed by atoms with Gasteiger partial charge in [0.25, 0.3) is 5.91 Å². The number of H-pyrrole nitrogens is 1. The van der Waals surface area contributed by atoms with Crippen LogP contribution < -0.4 is 15.8 Å². The molecule has 0 saturated carbocycles. The number of nitrogens with one attached hydrogen (secondary N) is 2. The van der Waals surface area contributed by atoms with Gasteiger partial charge in [0.2, 0.25) is 11.8 Å². The highest BCUT2D eigenvalue weighted by molar-refractivity contribution is 6.01. The zero-order valence-electron chi connectivity index (χ0n) is 11.2. The second-order valence-electron chi connectivity index (χ2n) is 4.13. The molecule has 2 aromatic rings. The number of anilines is 2. The fourth-order valence-corrected chi connectivity index (χ4v) is 1.57. The number of ether oxygens (including phenoxy) is 1. The highest BCUT2D eigenvalue weighted by Crippen LogP contribution is 2.18. The molecule has 1 heterocycles. The van der Waals surface area contributed by atoms with Gasteiger partial charge in [-0.3, -0.25) is 9.89 Å². The number of carbonyl (C=O) groups is 1. The van der Waals surface area contributed by atoms with Crippen molar-refractivity contribution in [1.82, 2.24) is 15.2 Å². The third-order valence-corrected chi connectivity index (χ3v) is 2.51. The number of nitrogen functional groups attached to an aromatic ring is 1. The fourth-order valence-electron chi connectivity index (χ4n) is 1.57. The first-order valence-corrected chi connectivity index (χ1v) is 6.28. The molecule has 108 valence electrons. The molecule has 0 aliphatic heterocycles. The van der Waals surface area contributed by atoms with Crippen LogP contribution in [0.5, 0.6) is 5.75 Å². The minimum atomic E-state index is -0.444. The van der Waals surface area contributed by atoms with Crippen LogP contribution >= 0.6 is 0 Å². The summed E-state index contributed by atoms with van der Waals surface area (Å²) in [6, 6.07) is 8.98. The fraction of sp³-hybridized carbons (Fsp3) is 0.231. The second kappa shape index (κ2) is 6.91. The number of nitrogens with zero attached hydrogens (tertiary/aromatic N) is 3. The monoisotopic (exact) mass is 286 g/mol. The summed E-state index contributed by atoms with van der Waals surface area (Å²) in [7, 11) is 0. The zero-order chi connectivity index (χ0) is 15.1. The van der Waals surface area contributed by atoms with Gasteiger partial charge in [-0.25, -0.2) is 0 Å². The number of hydrogen-bond donors (Lipinski definition) is 3. The van der Waals surface area contributed by atoms with Gasteiger partial charge in [0.05, 0.1) is 12.7 Å². The van der Waals surface area contributed by atoms with Gasteiger partial charge in [-0.15, -0.1) is 5.10 Å². The van der Waals surface area contributed by atoms with E-state index in [-0.39, 0.29) is 11.8 Å². The Bertz CT molecular complexity index is 661. The molecule has 0 radical (unpaired) electrons. The van der Waals surface area contributed by atoms with E-state index in [2.05, 4.69) is 20.5 Å². The molecule has 2 rings (SSSR count). The van der Waals surface area contributed by atoms with Gasteiger partial charge in [0.1, 0.15) is 5.75 Å². The van der Waals surface area contributed by atoms with Crippen LogP contribution in [0.3, 0.4) is 0 Å². The lowest BCUT2D eigenvalue weighted by Gasteiger charge is -2.07. The quantitative estimate of drug-likeness (QED) is 0.686. The summed E-state index contributed by atoms with van der Waals surface area (Å²) in [4.78, 5) is 15.6. The van der Waals surface area contributed by atoms with Crippen LogP contribution in [-0.2, 0) is 0 Å². The Morgan fingerprint density at radius 1 is 1.52 bits per heavy atom. The molecule has 8 heteroatoms. The SMILES string of the molecule is N#CCCCOc1cccc(NC(=O)c2nc(N)n[nH]2)c1. The van der Waals surface area contributed by atoms with Gasteiger partial charge < -0.3 is 15.8 Å². The van der Waals surface area contributed by atoms with Crippen LogP contribution in [0, 0.1) is 11.3 Å². The van der Waals surface area contributed by atoms with Gasteiger partial charge in [-0.05, 0) is 18.6 Å². The van der Waals surface area contributed by atoms with Crippen LogP contribution in [0.15, 0.2) is 24.3 Å². The van der Waals surface area contributed by atoms with E-state index >= 15 is 0 Å². The summed E-state index contributed by atoms with van der Waals surface area (Å²) in [5.41, 5.74) is 5.90. The Morgan fingerprint density at radius 2 is 2.38 bits per heavy atom. The Morgan fingerprint density at radius 3 is 3.10 bits per heavy atom. The number of amides is 1. The number of aromatic amines is 1. The van der Waals surface area contributed by atoms with Crippen molar-refractivity contribution in [2.24, 2.45) is 0 Å². The van der Waals surface area contributed by atoms with Crippen LogP contribution in [0.2, 0.25) is 0 Å². The highest BCUT2D eigenvalue weighted by atomic mass is 16.5. The maximum atomic E-state index is 11.9. The van der Waals surface area contributed by atoms with Crippen molar-refractivity contribution < 1.29 is 9.53 Å². The number of hydrogen-bond acceptors (Lipinski definition) is 6. The van der Waals surface area contributed by atoms with Gasteiger partial charge in [-0.1, -0.05) is 6.07 Å². The smallest absolute Gasteiger partial charge is 0.293 e. The number of rotatable bonds is 6. The Balaban J connectivity index is 1.94. The number of benzene rings is 1. The van der Waals surface area contributed by atoms with Crippen molar-refractivity contribution >= 4 is 17.5 Å². The van der Waals surface area contributed by atoms with Gasteiger partial charge >= 0.3 is 0 Å². The van der Waals surface area contributed by atoms with Crippen LogP contribution in [0.4, 0.5) is 11.6 Å².